The molecule has 0 aliphatic rings. The molecule has 0 spiro atoms. The molecule has 0 aromatic heterocycles. The molecule has 1 rings (SSSR count). The third-order valence-electron chi connectivity index (χ3n) is 2.37. The normalized spacial score (nSPS) is 11.3. The van der Waals surface area contributed by atoms with Gasteiger partial charge in [-0.25, -0.2) is 17.5 Å². The van der Waals surface area contributed by atoms with Crippen molar-refractivity contribution in [1.82, 2.24) is 9.62 Å². The van der Waals surface area contributed by atoms with Crippen LogP contribution in [0.15, 0.2) is 23.1 Å². The minimum atomic E-state index is -4.01. The third-order valence-corrected chi connectivity index (χ3v) is 3.85. The first-order valence-corrected chi connectivity index (χ1v) is 6.97. The van der Waals surface area contributed by atoms with Gasteiger partial charge in [-0.05, 0) is 18.2 Å². The zero-order valence-corrected chi connectivity index (χ0v) is 11.5. The molecule has 0 aliphatic heterocycles. The van der Waals surface area contributed by atoms with Crippen molar-refractivity contribution in [2.24, 2.45) is 0 Å². The molecule has 106 valence electrons. The maximum atomic E-state index is 13.4. The summed E-state index contributed by atoms with van der Waals surface area (Å²) in [6.07, 6.45) is -0.00380. The van der Waals surface area contributed by atoms with Crippen molar-refractivity contribution in [3.63, 3.8) is 0 Å². The Bertz CT molecular complexity index is 573. The average molecular weight is 289 g/mol. The van der Waals surface area contributed by atoms with E-state index in [-0.39, 0.29) is 24.6 Å². The molecule has 0 radical (unpaired) electrons. The second-order valence-electron chi connectivity index (χ2n) is 4.13. The summed E-state index contributed by atoms with van der Waals surface area (Å²) in [5.74, 6) is -1.11. The Morgan fingerprint density at radius 2 is 2.05 bits per heavy atom. The van der Waals surface area contributed by atoms with Gasteiger partial charge in [0.05, 0.1) is 0 Å². The fraction of sp³-hybridized carbons (Fsp3) is 0.364. The smallest absolute Gasteiger partial charge is 0.243 e. The van der Waals surface area contributed by atoms with Crippen LogP contribution in [0, 0.1) is 5.82 Å². The first kappa shape index (κ1) is 15.4. The first-order valence-electron chi connectivity index (χ1n) is 5.49. The number of halogens is 1. The molecule has 0 fully saturated rings. The fourth-order valence-electron chi connectivity index (χ4n) is 1.32. The monoisotopic (exact) mass is 289 g/mol. The lowest BCUT2D eigenvalue weighted by Crippen LogP contribution is -2.30. The number of sulfonamides is 1. The minimum Gasteiger partial charge on any atom is -0.399 e. The van der Waals surface area contributed by atoms with E-state index in [1.807, 2.05) is 0 Å². The Kier molecular flexibility index (Phi) is 4.84. The van der Waals surface area contributed by atoms with E-state index in [4.69, 9.17) is 5.73 Å². The van der Waals surface area contributed by atoms with Crippen molar-refractivity contribution in [2.75, 3.05) is 26.4 Å². The van der Waals surface area contributed by atoms with E-state index in [1.54, 1.807) is 14.1 Å². The number of benzene rings is 1. The van der Waals surface area contributed by atoms with E-state index < -0.39 is 20.7 Å². The van der Waals surface area contributed by atoms with Gasteiger partial charge in [0.2, 0.25) is 15.9 Å². The number of nitrogens with one attached hydrogen (secondary N) is 1. The van der Waals surface area contributed by atoms with Crippen LogP contribution in [0.1, 0.15) is 6.42 Å². The summed E-state index contributed by atoms with van der Waals surface area (Å²) in [5, 5.41) is 0. The highest BCUT2D eigenvalue weighted by molar-refractivity contribution is 7.89. The number of carbonyl (C=O) groups is 1. The molecule has 8 heteroatoms. The van der Waals surface area contributed by atoms with Crippen LogP contribution in [0.25, 0.3) is 0 Å². The van der Waals surface area contributed by atoms with Crippen LogP contribution in [0.2, 0.25) is 0 Å². The molecule has 0 saturated carbocycles. The predicted octanol–water partition coefficient (Wildman–Crippen LogP) is 0.164. The number of anilines is 1. The van der Waals surface area contributed by atoms with Gasteiger partial charge in [-0.2, -0.15) is 0 Å². The maximum absolute atomic E-state index is 13.4. The van der Waals surface area contributed by atoms with Crippen LogP contribution in [0.4, 0.5) is 10.1 Å². The number of hydrogen-bond acceptors (Lipinski definition) is 4. The molecule has 1 aromatic rings. The molecule has 3 N–H and O–H groups in total. The molecule has 0 heterocycles. The Morgan fingerprint density at radius 1 is 1.42 bits per heavy atom. The van der Waals surface area contributed by atoms with Gasteiger partial charge in [0.1, 0.15) is 10.7 Å². The van der Waals surface area contributed by atoms with E-state index in [2.05, 4.69) is 4.72 Å². The van der Waals surface area contributed by atoms with E-state index in [0.29, 0.717) is 0 Å². The van der Waals surface area contributed by atoms with Crippen molar-refractivity contribution in [3.05, 3.63) is 24.0 Å². The molecule has 0 unspecified atom stereocenters. The molecular formula is C11H16FN3O3S. The SMILES string of the molecule is CN(C)C(=O)CCNS(=O)(=O)c1cc(N)ccc1F. The third kappa shape index (κ3) is 4.18. The largest absolute Gasteiger partial charge is 0.399 e. The molecule has 0 atom stereocenters. The Morgan fingerprint density at radius 3 is 2.63 bits per heavy atom. The first-order chi connectivity index (χ1) is 8.74. The summed E-state index contributed by atoms with van der Waals surface area (Å²) in [6.45, 7) is -0.104. The lowest BCUT2D eigenvalue weighted by Gasteiger charge is -2.11. The highest BCUT2D eigenvalue weighted by atomic mass is 32.2. The average Bonchev–Trinajstić information content (AvgIpc) is 2.31. The van der Waals surface area contributed by atoms with Crippen LogP contribution < -0.4 is 10.5 Å². The lowest BCUT2D eigenvalue weighted by molar-refractivity contribution is -0.128. The fourth-order valence-corrected chi connectivity index (χ4v) is 2.46. The van der Waals surface area contributed by atoms with Gasteiger partial charge >= 0.3 is 0 Å². The minimum absolute atomic E-state index is 0.00380. The van der Waals surface area contributed by atoms with Gasteiger partial charge in [0.15, 0.2) is 0 Å². The van der Waals surface area contributed by atoms with Gasteiger partial charge in [0, 0.05) is 32.7 Å². The summed E-state index contributed by atoms with van der Waals surface area (Å²) >= 11 is 0. The molecule has 0 bridgehead atoms. The van der Waals surface area contributed by atoms with Crippen LogP contribution in [0.3, 0.4) is 0 Å². The van der Waals surface area contributed by atoms with E-state index in [0.717, 1.165) is 12.1 Å². The molecule has 1 aromatic carbocycles. The van der Waals surface area contributed by atoms with Crippen molar-refractivity contribution < 1.29 is 17.6 Å². The van der Waals surface area contributed by atoms with E-state index in [1.165, 1.54) is 11.0 Å². The molecular weight excluding hydrogens is 273 g/mol. The summed E-state index contributed by atoms with van der Waals surface area (Å²) in [5.41, 5.74) is 5.57. The van der Waals surface area contributed by atoms with Gasteiger partial charge in [0.25, 0.3) is 0 Å². The Balaban J connectivity index is 2.77. The molecule has 0 saturated heterocycles. The molecule has 19 heavy (non-hydrogen) atoms. The zero-order chi connectivity index (χ0) is 14.6. The number of rotatable bonds is 5. The molecule has 6 nitrogen and oxygen atoms in total. The molecule has 1 amide bonds. The van der Waals surface area contributed by atoms with Gasteiger partial charge < -0.3 is 10.6 Å². The number of amides is 1. The van der Waals surface area contributed by atoms with Crippen LogP contribution >= 0.6 is 0 Å². The highest BCUT2D eigenvalue weighted by Crippen LogP contribution is 2.17. The summed E-state index contributed by atoms with van der Waals surface area (Å²) in [7, 11) is -0.883. The Labute approximate surface area is 111 Å². The standard InChI is InChI=1S/C11H16FN3O3S/c1-15(2)11(16)5-6-14-19(17,18)10-7-8(13)3-4-9(10)12/h3-4,7,14H,5-6,13H2,1-2H3. The Hall–Kier alpha value is -1.67. The highest BCUT2D eigenvalue weighted by Gasteiger charge is 2.19. The second-order valence-corrected chi connectivity index (χ2v) is 5.86. The van der Waals surface area contributed by atoms with E-state index in [9.17, 15) is 17.6 Å². The van der Waals surface area contributed by atoms with E-state index >= 15 is 0 Å². The zero-order valence-electron chi connectivity index (χ0n) is 10.7. The van der Waals surface area contributed by atoms with Crippen LogP contribution in [-0.2, 0) is 14.8 Å². The van der Waals surface area contributed by atoms with Gasteiger partial charge in [-0.1, -0.05) is 0 Å². The summed E-state index contributed by atoms with van der Waals surface area (Å²) in [4.78, 5) is 12.1. The van der Waals surface area contributed by atoms with Crippen molar-refractivity contribution >= 4 is 21.6 Å². The number of nitrogens with zero attached hydrogens (tertiary/aromatic N) is 1. The topological polar surface area (TPSA) is 92.5 Å². The van der Waals surface area contributed by atoms with Gasteiger partial charge in [-0.15, -0.1) is 0 Å². The van der Waals surface area contributed by atoms with Crippen molar-refractivity contribution in [1.29, 1.82) is 0 Å². The number of hydrogen-bond donors (Lipinski definition) is 2. The van der Waals surface area contributed by atoms with Gasteiger partial charge in [-0.3, -0.25) is 4.79 Å². The quantitative estimate of drug-likeness (QED) is 0.755. The summed E-state index contributed by atoms with van der Waals surface area (Å²) < 4.78 is 39.2. The van der Waals surface area contributed by atoms with Crippen LogP contribution in [0.5, 0.6) is 0 Å². The second kappa shape index (κ2) is 5.98. The molecule has 0 aliphatic carbocycles. The maximum Gasteiger partial charge on any atom is 0.243 e. The lowest BCUT2D eigenvalue weighted by atomic mass is 10.3. The van der Waals surface area contributed by atoms with Crippen molar-refractivity contribution in [2.45, 2.75) is 11.3 Å². The summed E-state index contributed by atoms with van der Waals surface area (Å²) in [6, 6.07) is 3.28. The number of nitrogens with two attached hydrogens (primary N) is 1. The van der Waals surface area contributed by atoms with Crippen molar-refractivity contribution in [3.8, 4) is 0 Å². The number of nitrogen functional groups attached to an aromatic ring is 1. The number of carbonyl (C=O) groups excluding carboxylic acids is 1. The predicted molar refractivity (Wildman–Crippen MR) is 69.3 cm³/mol. The van der Waals surface area contributed by atoms with Crippen LogP contribution in [-0.4, -0.2) is 39.9 Å².